The first kappa shape index (κ1) is 9.68. The van der Waals surface area contributed by atoms with Gasteiger partial charge in [0.15, 0.2) is 5.78 Å². The molecule has 0 radical (unpaired) electrons. The Morgan fingerprint density at radius 2 is 2.00 bits per heavy atom. The highest BCUT2D eigenvalue weighted by Crippen LogP contribution is 2.07. The van der Waals surface area contributed by atoms with E-state index in [-0.39, 0.29) is 11.8 Å². The summed E-state index contributed by atoms with van der Waals surface area (Å²) in [6.07, 6.45) is 3.77. The number of carbonyl (C=O) groups excluding carboxylic acids is 1. The predicted molar refractivity (Wildman–Crippen MR) is 48.9 cm³/mol. The van der Waals surface area contributed by atoms with E-state index in [4.69, 9.17) is 5.73 Å². The highest BCUT2D eigenvalue weighted by atomic mass is 16.1. The van der Waals surface area contributed by atoms with Crippen LogP contribution in [0.2, 0.25) is 0 Å². The number of Topliss-reactive ketones (excluding diaryl/α,β-unsaturated/α-hetero) is 1. The summed E-state index contributed by atoms with van der Waals surface area (Å²) in [5, 5.41) is 0. The molecule has 0 spiro atoms. The van der Waals surface area contributed by atoms with Gasteiger partial charge in [0, 0.05) is 0 Å². The van der Waals surface area contributed by atoms with Crippen LogP contribution < -0.4 is 5.73 Å². The molecule has 1 atom stereocenters. The number of carbonyl (C=O) groups is 1. The average molecular weight is 170 g/mol. The van der Waals surface area contributed by atoms with Crippen LogP contribution in [0.4, 0.5) is 0 Å². The summed E-state index contributed by atoms with van der Waals surface area (Å²) in [4.78, 5) is 13.4. The van der Waals surface area contributed by atoms with Crippen LogP contribution in [-0.2, 0) is 4.79 Å². The van der Waals surface area contributed by atoms with Crippen molar-refractivity contribution in [3.05, 3.63) is 0 Å². The van der Waals surface area contributed by atoms with E-state index >= 15 is 0 Å². The molecule has 12 heavy (non-hydrogen) atoms. The van der Waals surface area contributed by atoms with E-state index in [9.17, 15) is 4.79 Å². The zero-order valence-electron chi connectivity index (χ0n) is 7.75. The van der Waals surface area contributed by atoms with Crippen LogP contribution in [0.1, 0.15) is 26.2 Å². The van der Waals surface area contributed by atoms with Gasteiger partial charge in [-0.25, -0.2) is 0 Å². The molecule has 0 aromatic rings. The molecule has 0 bridgehead atoms. The fourth-order valence-electron chi connectivity index (χ4n) is 1.48. The molecule has 1 fully saturated rings. The van der Waals surface area contributed by atoms with Gasteiger partial charge >= 0.3 is 0 Å². The summed E-state index contributed by atoms with van der Waals surface area (Å²) < 4.78 is 0. The van der Waals surface area contributed by atoms with Gasteiger partial charge in [0.25, 0.3) is 0 Å². The lowest BCUT2D eigenvalue weighted by Crippen LogP contribution is -2.40. The summed E-state index contributed by atoms with van der Waals surface area (Å²) in [5.41, 5.74) is 5.48. The molecule has 1 rings (SSSR count). The minimum atomic E-state index is -0.299. The molecule has 1 saturated heterocycles. The van der Waals surface area contributed by atoms with Crippen molar-refractivity contribution >= 4 is 5.78 Å². The normalized spacial score (nSPS) is 22.2. The third-order valence-corrected chi connectivity index (χ3v) is 2.34. The topological polar surface area (TPSA) is 46.3 Å². The van der Waals surface area contributed by atoms with E-state index in [0.29, 0.717) is 6.54 Å². The van der Waals surface area contributed by atoms with Crippen LogP contribution in [0.5, 0.6) is 0 Å². The van der Waals surface area contributed by atoms with Crippen LogP contribution in [0, 0.1) is 0 Å². The largest absolute Gasteiger partial charge is 0.322 e. The minimum absolute atomic E-state index is 0.164. The van der Waals surface area contributed by atoms with E-state index in [1.807, 2.05) is 0 Å². The van der Waals surface area contributed by atoms with E-state index < -0.39 is 0 Å². The van der Waals surface area contributed by atoms with Crippen molar-refractivity contribution in [1.29, 1.82) is 0 Å². The van der Waals surface area contributed by atoms with Gasteiger partial charge in [-0.2, -0.15) is 0 Å². The Hall–Kier alpha value is -0.410. The molecular formula is C9H18N2O. The maximum atomic E-state index is 11.2. The lowest BCUT2D eigenvalue weighted by molar-refractivity contribution is -0.121. The Bertz CT molecular complexity index is 151. The summed E-state index contributed by atoms with van der Waals surface area (Å²) in [6, 6.07) is -0.299. The number of hydrogen-bond donors (Lipinski definition) is 1. The van der Waals surface area contributed by atoms with Crippen LogP contribution in [0.3, 0.4) is 0 Å². The first-order chi connectivity index (χ1) is 5.70. The summed E-state index contributed by atoms with van der Waals surface area (Å²) >= 11 is 0. The molecule has 1 aliphatic rings. The highest BCUT2D eigenvalue weighted by Gasteiger charge is 2.15. The van der Waals surface area contributed by atoms with Gasteiger partial charge in [0.05, 0.1) is 12.6 Å². The molecule has 3 nitrogen and oxygen atoms in total. The second kappa shape index (κ2) is 4.58. The smallest absolute Gasteiger partial charge is 0.163 e. The summed E-state index contributed by atoms with van der Waals surface area (Å²) in [6.45, 7) is 4.45. The molecule has 0 aromatic heterocycles. The Labute approximate surface area is 73.9 Å². The lowest BCUT2D eigenvalue weighted by Gasteiger charge is -2.26. The van der Waals surface area contributed by atoms with Gasteiger partial charge in [-0.3, -0.25) is 9.69 Å². The molecule has 0 aromatic carbocycles. The van der Waals surface area contributed by atoms with Crippen molar-refractivity contribution in [1.82, 2.24) is 4.90 Å². The summed E-state index contributed by atoms with van der Waals surface area (Å²) in [7, 11) is 0. The number of nitrogens with zero attached hydrogens (tertiary/aromatic N) is 1. The van der Waals surface area contributed by atoms with Crippen molar-refractivity contribution < 1.29 is 4.79 Å². The second-order valence-electron chi connectivity index (χ2n) is 3.59. The van der Waals surface area contributed by atoms with Crippen molar-refractivity contribution in [3.63, 3.8) is 0 Å². The minimum Gasteiger partial charge on any atom is -0.322 e. The molecule has 3 heteroatoms. The number of hydrogen-bond acceptors (Lipinski definition) is 3. The Morgan fingerprint density at radius 3 is 2.50 bits per heavy atom. The molecule has 1 heterocycles. The Balaban J connectivity index is 2.24. The molecule has 1 unspecified atom stereocenters. The van der Waals surface area contributed by atoms with Crippen LogP contribution in [0.25, 0.3) is 0 Å². The molecule has 2 N–H and O–H groups in total. The number of rotatable bonds is 3. The predicted octanol–water partition coefficient (Wildman–Crippen LogP) is 0.389. The average Bonchev–Trinajstić information content (AvgIpc) is 2.06. The van der Waals surface area contributed by atoms with Crippen molar-refractivity contribution in [2.45, 2.75) is 32.2 Å². The first-order valence-electron chi connectivity index (χ1n) is 4.71. The van der Waals surface area contributed by atoms with Crippen molar-refractivity contribution in [3.8, 4) is 0 Å². The first-order valence-corrected chi connectivity index (χ1v) is 4.71. The third kappa shape index (κ3) is 2.91. The zero-order chi connectivity index (χ0) is 8.97. The number of piperidine rings is 1. The van der Waals surface area contributed by atoms with E-state index in [1.165, 1.54) is 19.3 Å². The maximum Gasteiger partial charge on any atom is 0.163 e. The van der Waals surface area contributed by atoms with Gasteiger partial charge in [0.1, 0.15) is 0 Å². The Morgan fingerprint density at radius 1 is 1.42 bits per heavy atom. The quantitative estimate of drug-likeness (QED) is 0.666. The Kier molecular flexibility index (Phi) is 3.69. The fourth-order valence-corrected chi connectivity index (χ4v) is 1.48. The van der Waals surface area contributed by atoms with Gasteiger partial charge in [-0.05, 0) is 32.9 Å². The van der Waals surface area contributed by atoms with Gasteiger partial charge < -0.3 is 5.73 Å². The zero-order valence-corrected chi connectivity index (χ0v) is 7.75. The van der Waals surface area contributed by atoms with Crippen molar-refractivity contribution in [2.75, 3.05) is 19.6 Å². The van der Waals surface area contributed by atoms with Crippen molar-refractivity contribution in [2.24, 2.45) is 5.73 Å². The van der Waals surface area contributed by atoms with Gasteiger partial charge in [0.2, 0.25) is 0 Å². The molecule has 70 valence electrons. The van der Waals surface area contributed by atoms with Gasteiger partial charge in [-0.1, -0.05) is 6.42 Å². The third-order valence-electron chi connectivity index (χ3n) is 2.34. The molecular weight excluding hydrogens is 152 g/mol. The number of nitrogens with two attached hydrogens (primary N) is 1. The highest BCUT2D eigenvalue weighted by molar-refractivity contribution is 5.85. The molecule has 0 saturated carbocycles. The molecule has 0 amide bonds. The second-order valence-corrected chi connectivity index (χ2v) is 3.59. The summed E-state index contributed by atoms with van der Waals surface area (Å²) in [5.74, 6) is 0.164. The van der Waals surface area contributed by atoms with Crippen LogP contribution in [0.15, 0.2) is 0 Å². The lowest BCUT2D eigenvalue weighted by atomic mass is 10.1. The molecule has 1 aliphatic heterocycles. The molecule has 0 aliphatic carbocycles. The van der Waals surface area contributed by atoms with Crippen LogP contribution >= 0.6 is 0 Å². The SMILES string of the molecule is CC(N)C(=O)CN1CCCCC1. The number of ketones is 1. The van der Waals surface area contributed by atoms with Crippen LogP contribution in [-0.4, -0.2) is 36.4 Å². The van der Waals surface area contributed by atoms with Gasteiger partial charge in [-0.15, -0.1) is 0 Å². The maximum absolute atomic E-state index is 11.2. The number of likely N-dealkylation sites (tertiary alicyclic amines) is 1. The van der Waals surface area contributed by atoms with E-state index in [2.05, 4.69) is 4.90 Å². The monoisotopic (exact) mass is 170 g/mol. The van der Waals surface area contributed by atoms with E-state index in [1.54, 1.807) is 6.92 Å². The standard InChI is InChI=1S/C9H18N2O/c1-8(10)9(12)7-11-5-3-2-4-6-11/h8H,2-7,10H2,1H3. The fraction of sp³-hybridized carbons (Fsp3) is 0.889. The van der Waals surface area contributed by atoms with E-state index in [0.717, 1.165) is 13.1 Å².